The van der Waals surface area contributed by atoms with Crippen molar-refractivity contribution in [1.82, 2.24) is 10.6 Å². The van der Waals surface area contributed by atoms with Crippen molar-refractivity contribution < 1.29 is 35.9 Å². The Kier molecular flexibility index (Phi) is 4.78. The highest BCUT2D eigenvalue weighted by Crippen LogP contribution is 2.42. The molecule has 0 aromatic carbocycles. The molecule has 20 heavy (non-hydrogen) atoms. The van der Waals surface area contributed by atoms with Crippen molar-refractivity contribution in [3.8, 4) is 0 Å². The summed E-state index contributed by atoms with van der Waals surface area (Å²) in [5, 5.41) is 2.89. The zero-order valence-electron chi connectivity index (χ0n) is 10.5. The third-order valence-electron chi connectivity index (χ3n) is 3.01. The van der Waals surface area contributed by atoms with Gasteiger partial charge < -0.3 is 15.4 Å². The summed E-state index contributed by atoms with van der Waals surface area (Å²) in [6.45, 7) is 0.188. The molecule has 1 saturated heterocycles. The zero-order chi connectivity index (χ0) is 15.6. The predicted molar refractivity (Wildman–Crippen MR) is 56.0 cm³/mol. The van der Waals surface area contributed by atoms with E-state index in [0.29, 0.717) is 13.0 Å². The van der Waals surface area contributed by atoms with E-state index in [9.17, 15) is 31.1 Å². The first-order chi connectivity index (χ1) is 8.97. The maximum atomic E-state index is 12.5. The van der Waals surface area contributed by atoms with Gasteiger partial charge in [-0.2, -0.15) is 26.3 Å². The van der Waals surface area contributed by atoms with Gasteiger partial charge in [-0.05, 0) is 19.8 Å². The molecule has 0 saturated carbocycles. The van der Waals surface area contributed by atoms with Crippen LogP contribution in [0, 0.1) is 0 Å². The number of carbonyl (C=O) groups is 1. The van der Waals surface area contributed by atoms with Crippen LogP contribution in [0.2, 0.25) is 0 Å². The van der Waals surface area contributed by atoms with Gasteiger partial charge in [0, 0.05) is 13.2 Å². The number of ether oxygens (including phenoxy) is 1. The molecule has 1 aliphatic rings. The maximum absolute atomic E-state index is 12.5. The highest BCUT2D eigenvalue weighted by Gasteiger charge is 2.68. The van der Waals surface area contributed by atoms with Crippen molar-refractivity contribution in [2.75, 3.05) is 13.2 Å². The molecule has 10 heteroatoms. The Morgan fingerprint density at radius 2 is 1.75 bits per heavy atom. The quantitative estimate of drug-likeness (QED) is 0.786. The van der Waals surface area contributed by atoms with E-state index >= 15 is 0 Å². The van der Waals surface area contributed by atoms with Crippen LogP contribution in [0.3, 0.4) is 0 Å². The number of rotatable bonds is 3. The second kappa shape index (κ2) is 5.66. The lowest BCUT2D eigenvalue weighted by Gasteiger charge is -2.34. The third kappa shape index (κ3) is 3.68. The topological polar surface area (TPSA) is 50.4 Å². The number of urea groups is 1. The Morgan fingerprint density at radius 3 is 2.15 bits per heavy atom. The summed E-state index contributed by atoms with van der Waals surface area (Å²) in [5.74, 6) is 0. The molecule has 1 rings (SSSR count). The molecule has 118 valence electrons. The van der Waals surface area contributed by atoms with Crippen molar-refractivity contribution in [3.63, 3.8) is 0 Å². The van der Waals surface area contributed by atoms with Crippen LogP contribution in [0.5, 0.6) is 0 Å². The Morgan fingerprint density at radius 1 is 1.20 bits per heavy atom. The molecule has 2 N–H and O–H groups in total. The third-order valence-corrected chi connectivity index (χ3v) is 3.01. The smallest absolute Gasteiger partial charge is 0.376 e. The van der Waals surface area contributed by atoms with E-state index in [1.807, 2.05) is 5.32 Å². The lowest BCUT2D eigenvalue weighted by atomic mass is 10.0. The normalized spacial score (nSPS) is 20.9. The van der Waals surface area contributed by atoms with Gasteiger partial charge in [0.1, 0.15) is 0 Å². The number of amides is 2. The molecular formula is C10H14F6N2O2. The number of hydrogen-bond donors (Lipinski definition) is 2. The first kappa shape index (κ1) is 16.9. The number of hydrogen-bond acceptors (Lipinski definition) is 2. The highest BCUT2D eigenvalue weighted by molar-refractivity contribution is 5.75. The SMILES string of the molecule is CC(NC(=O)NC[C@@H]1CCCO1)(C(F)(F)F)C(F)(F)F. The summed E-state index contributed by atoms with van der Waals surface area (Å²) < 4.78 is 80.2. The molecule has 0 bridgehead atoms. The van der Waals surface area contributed by atoms with Crippen LogP contribution < -0.4 is 10.6 Å². The van der Waals surface area contributed by atoms with Gasteiger partial charge in [0.25, 0.3) is 0 Å². The monoisotopic (exact) mass is 308 g/mol. The van der Waals surface area contributed by atoms with Crippen LogP contribution in [-0.4, -0.2) is 43.2 Å². The van der Waals surface area contributed by atoms with Gasteiger partial charge in [-0.25, -0.2) is 4.79 Å². The molecule has 0 radical (unpaired) electrons. The molecule has 0 aromatic heterocycles. The van der Waals surface area contributed by atoms with E-state index in [4.69, 9.17) is 4.74 Å². The molecular weight excluding hydrogens is 294 g/mol. The van der Waals surface area contributed by atoms with Crippen LogP contribution in [0.4, 0.5) is 31.1 Å². The Bertz CT molecular complexity index is 335. The molecule has 1 fully saturated rings. The van der Waals surface area contributed by atoms with E-state index in [1.54, 1.807) is 0 Å². The molecule has 1 atom stereocenters. The minimum absolute atomic E-state index is 0.126. The van der Waals surface area contributed by atoms with Gasteiger partial charge in [-0.3, -0.25) is 0 Å². The Hall–Kier alpha value is -1.19. The van der Waals surface area contributed by atoms with Crippen molar-refractivity contribution in [3.05, 3.63) is 0 Å². The maximum Gasteiger partial charge on any atom is 0.420 e. The molecule has 4 nitrogen and oxygen atoms in total. The summed E-state index contributed by atoms with van der Waals surface area (Å²) in [6.07, 6.45) is -10.4. The molecule has 1 aliphatic heterocycles. The standard InChI is InChI=1S/C10H14F6N2O2/c1-8(9(11,12)13,10(14,15)16)18-7(19)17-5-6-3-2-4-20-6/h6H,2-5H2,1H3,(H2,17,18,19)/t6-/m0/s1. The van der Waals surface area contributed by atoms with Crippen LogP contribution in [0.15, 0.2) is 0 Å². The number of halogens is 6. The summed E-state index contributed by atoms with van der Waals surface area (Å²) in [7, 11) is 0. The van der Waals surface area contributed by atoms with E-state index in [-0.39, 0.29) is 19.6 Å². The van der Waals surface area contributed by atoms with Crippen LogP contribution >= 0.6 is 0 Å². The van der Waals surface area contributed by atoms with Gasteiger partial charge in [0.05, 0.1) is 6.10 Å². The van der Waals surface area contributed by atoms with Gasteiger partial charge >= 0.3 is 18.4 Å². The van der Waals surface area contributed by atoms with Crippen molar-refractivity contribution in [2.45, 2.75) is 43.8 Å². The fourth-order valence-electron chi connectivity index (χ4n) is 1.59. The van der Waals surface area contributed by atoms with Gasteiger partial charge in [0.2, 0.25) is 5.54 Å². The molecule has 0 aliphatic carbocycles. The van der Waals surface area contributed by atoms with E-state index < -0.39 is 23.9 Å². The lowest BCUT2D eigenvalue weighted by Crippen LogP contribution is -2.67. The predicted octanol–water partition coefficient (Wildman–Crippen LogP) is 2.35. The summed E-state index contributed by atoms with van der Waals surface area (Å²) >= 11 is 0. The number of alkyl halides is 6. The highest BCUT2D eigenvalue weighted by atomic mass is 19.4. The van der Waals surface area contributed by atoms with E-state index in [1.165, 1.54) is 0 Å². The first-order valence-corrected chi connectivity index (χ1v) is 5.78. The second-order valence-corrected chi connectivity index (χ2v) is 4.59. The molecule has 2 amide bonds. The van der Waals surface area contributed by atoms with Crippen molar-refractivity contribution in [2.24, 2.45) is 0 Å². The van der Waals surface area contributed by atoms with Crippen LogP contribution in [0.1, 0.15) is 19.8 Å². The Balaban J connectivity index is 2.63. The fourth-order valence-corrected chi connectivity index (χ4v) is 1.59. The average molecular weight is 308 g/mol. The number of nitrogens with one attached hydrogen (secondary N) is 2. The fraction of sp³-hybridized carbons (Fsp3) is 0.900. The van der Waals surface area contributed by atoms with Gasteiger partial charge in [0.15, 0.2) is 0 Å². The minimum Gasteiger partial charge on any atom is -0.376 e. The summed E-state index contributed by atoms with van der Waals surface area (Å²) in [6, 6.07) is -1.54. The summed E-state index contributed by atoms with van der Waals surface area (Å²) in [5.41, 5.74) is -4.30. The minimum atomic E-state index is -5.66. The van der Waals surface area contributed by atoms with Gasteiger partial charge in [-0.1, -0.05) is 0 Å². The van der Waals surface area contributed by atoms with Crippen LogP contribution in [0.25, 0.3) is 0 Å². The van der Waals surface area contributed by atoms with Crippen molar-refractivity contribution in [1.29, 1.82) is 0 Å². The first-order valence-electron chi connectivity index (χ1n) is 5.78. The average Bonchev–Trinajstić information content (AvgIpc) is 2.75. The summed E-state index contributed by atoms with van der Waals surface area (Å²) in [4.78, 5) is 11.2. The second-order valence-electron chi connectivity index (χ2n) is 4.59. The Labute approximate surface area is 110 Å². The van der Waals surface area contributed by atoms with E-state index in [0.717, 1.165) is 11.7 Å². The lowest BCUT2D eigenvalue weighted by molar-refractivity contribution is -0.297. The van der Waals surface area contributed by atoms with Crippen LogP contribution in [-0.2, 0) is 4.74 Å². The van der Waals surface area contributed by atoms with Crippen molar-refractivity contribution >= 4 is 6.03 Å². The van der Waals surface area contributed by atoms with Gasteiger partial charge in [-0.15, -0.1) is 0 Å². The molecule has 0 aromatic rings. The van der Waals surface area contributed by atoms with E-state index in [2.05, 4.69) is 0 Å². The largest absolute Gasteiger partial charge is 0.420 e. The number of carbonyl (C=O) groups excluding carboxylic acids is 1. The zero-order valence-corrected chi connectivity index (χ0v) is 10.5. The molecule has 0 spiro atoms. The molecule has 0 unspecified atom stereocenters. The molecule has 1 heterocycles.